The van der Waals surface area contributed by atoms with Gasteiger partial charge in [-0.15, -0.1) is 0 Å². The lowest BCUT2D eigenvalue weighted by atomic mass is 9.83. The van der Waals surface area contributed by atoms with Gasteiger partial charge in [-0.2, -0.15) is 0 Å². The van der Waals surface area contributed by atoms with Crippen LogP contribution in [-0.4, -0.2) is 0 Å². The van der Waals surface area contributed by atoms with Gasteiger partial charge in [0.15, 0.2) is 0 Å². The maximum absolute atomic E-state index is 15.9. The molecule has 77 heavy (non-hydrogen) atoms. The first-order valence-corrected chi connectivity index (χ1v) is 26.2. The van der Waals surface area contributed by atoms with Crippen LogP contribution in [-0.2, 0) is 0 Å². The van der Waals surface area contributed by atoms with Crippen molar-refractivity contribution in [2.45, 2.75) is 7.43 Å². The van der Waals surface area contributed by atoms with Crippen LogP contribution in [0.4, 0.5) is 8.78 Å². The second kappa shape index (κ2) is 15.2. The fraction of sp³-hybridized carbons (Fsp3) is 0.0133. The first-order valence-electron chi connectivity index (χ1n) is 26.2. The molecule has 17 aromatic carbocycles. The van der Waals surface area contributed by atoms with Crippen molar-refractivity contribution in [3.63, 3.8) is 0 Å². The number of halogens is 2. The van der Waals surface area contributed by atoms with Crippen molar-refractivity contribution >= 4 is 118 Å². The molecule has 2 heteroatoms. The van der Waals surface area contributed by atoms with Gasteiger partial charge in [0.2, 0.25) is 0 Å². The average Bonchev–Trinajstić information content (AvgIpc) is 4.31. The second-order valence-electron chi connectivity index (χ2n) is 21.1. The second-order valence-corrected chi connectivity index (χ2v) is 21.1. The molecule has 17 aromatic rings. The van der Waals surface area contributed by atoms with Crippen LogP contribution in [0.3, 0.4) is 0 Å². The normalized spacial score (nSPS) is 12.4. The highest BCUT2D eigenvalue weighted by atomic mass is 19.1. The summed E-state index contributed by atoms with van der Waals surface area (Å²) in [6.07, 6.45) is 0. The molecule has 0 aromatic heterocycles. The Labute approximate surface area is 441 Å². The quantitative estimate of drug-likeness (QED) is 0.122. The summed E-state index contributed by atoms with van der Waals surface area (Å²) in [5.41, 5.74) is 12.6. The summed E-state index contributed by atoms with van der Waals surface area (Å²) in [5, 5.41) is 26.4. The number of benzene rings is 15. The lowest BCUT2D eigenvalue weighted by Gasteiger charge is -2.19. The predicted molar refractivity (Wildman–Crippen MR) is 325 cm³/mol. The van der Waals surface area contributed by atoms with Crippen LogP contribution in [0, 0.1) is 11.6 Å². The van der Waals surface area contributed by atoms with Gasteiger partial charge in [0.25, 0.3) is 0 Å². The molecule has 0 atom stereocenters. The number of hydrogen-bond acceptors (Lipinski definition) is 0. The van der Waals surface area contributed by atoms with Crippen molar-refractivity contribution in [2.75, 3.05) is 0 Å². The fourth-order valence-corrected chi connectivity index (χ4v) is 14.5. The third-order valence-electron chi connectivity index (χ3n) is 17.5. The zero-order valence-corrected chi connectivity index (χ0v) is 40.7. The first-order chi connectivity index (χ1) is 37.6. The minimum absolute atomic E-state index is 0. The largest absolute Gasteiger partial charge is 0.206 e. The molecule has 0 fully saturated rings. The van der Waals surface area contributed by atoms with E-state index in [4.69, 9.17) is 0 Å². The molecule has 1 aliphatic rings. The van der Waals surface area contributed by atoms with Crippen LogP contribution >= 0.6 is 0 Å². The van der Waals surface area contributed by atoms with Crippen molar-refractivity contribution in [1.29, 1.82) is 0 Å². The third-order valence-corrected chi connectivity index (χ3v) is 17.5. The minimum Gasteiger partial charge on any atom is -0.206 e. The summed E-state index contributed by atoms with van der Waals surface area (Å²) in [7, 11) is 0. The van der Waals surface area contributed by atoms with Gasteiger partial charge >= 0.3 is 0 Å². The topological polar surface area (TPSA) is 0 Å². The van der Waals surface area contributed by atoms with Gasteiger partial charge in [0.1, 0.15) is 11.6 Å². The van der Waals surface area contributed by atoms with Gasteiger partial charge in [-0.05, 0) is 216 Å². The molecule has 0 spiro atoms. The number of hydrogen-bond donors (Lipinski definition) is 0. The molecule has 0 unspecified atom stereocenters. The lowest BCUT2D eigenvalue weighted by Crippen LogP contribution is -1.92. The molecule has 0 saturated carbocycles. The van der Waals surface area contributed by atoms with Gasteiger partial charge in [-0.1, -0.05) is 202 Å². The highest BCUT2D eigenvalue weighted by Crippen LogP contribution is 2.58. The Morgan fingerprint density at radius 1 is 0.195 bits per heavy atom. The molecule has 0 aliphatic heterocycles. The Bertz CT molecular complexity index is 5280. The van der Waals surface area contributed by atoms with Crippen molar-refractivity contribution in [3.05, 3.63) is 242 Å². The molecule has 0 bridgehead atoms. The van der Waals surface area contributed by atoms with Crippen LogP contribution in [0.25, 0.3) is 185 Å². The van der Waals surface area contributed by atoms with E-state index < -0.39 is 11.6 Å². The molecule has 18 rings (SSSR count). The maximum Gasteiger partial charge on any atom is 0.133 e. The highest BCUT2D eigenvalue weighted by molar-refractivity contribution is 6.46. The van der Waals surface area contributed by atoms with E-state index in [2.05, 4.69) is 200 Å². The molecule has 1 aliphatic carbocycles. The van der Waals surface area contributed by atoms with Crippen molar-refractivity contribution in [3.8, 4) is 66.8 Å². The lowest BCUT2D eigenvalue weighted by molar-refractivity contribution is 0.590. The van der Waals surface area contributed by atoms with Crippen molar-refractivity contribution in [2.24, 2.45) is 0 Å². The van der Waals surface area contributed by atoms with Gasteiger partial charge in [-0.25, -0.2) is 8.78 Å². The first kappa shape index (κ1) is 42.6. The van der Waals surface area contributed by atoms with Crippen LogP contribution in [0.15, 0.2) is 231 Å². The Hall–Kier alpha value is -9.76. The summed E-state index contributed by atoms with van der Waals surface area (Å²) in [6, 6.07) is 82.4. The number of fused-ring (bicyclic) bond motifs is 13. The molecule has 0 N–H and O–H groups in total. The Balaban J connectivity index is 0.00000480. The van der Waals surface area contributed by atoms with Crippen molar-refractivity contribution < 1.29 is 8.78 Å². The van der Waals surface area contributed by atoms with Gasteiger partial charge in [0, 0.05) is 0 Å². The zero-order valence-electron chi connectivity index (χ0n) is 40.7. The summed E-state index contributed by atoms with van der Waals surface area (Å²) >= 11 is 0. The zero-order chi connectivity index (χ0) is 49.7. The van der Waals surface area contributed by atoms with Crippen LogP contribution in [0.5, 0.6) is 0 Å². The summed E-state index contributed by atoms with van der Waals surface area (Å²) in [6.45, 7) is 0. The van der Waals surface area contributed by atoms with E-state index in [0.29, 0.717) is 5.56 Å². The summed E-state index contributed by atoms with van der Waals surface area (Å²) < 4.78 is 31.7. The van der Waals surface area contributed by atoms with E-state index in [9.17, 15) is 0 Å². The molecular formula is C75H42F2. The Morgan fingerprint density at radius 3 is 1.23 bits per heavy atom. The predicted octanol–water partition coefficient (Wildman–Crippen LogP) is 21.9. The minimum atomic E-state index is -0.575. The van der Waals surface area contributed by atoms with E-state index in [1.165, 1.54) is 116 Å². The smallest absolute Gasteiger partial charge is 0.133 e. The standard InChI is InChI=1S/C74H38F2.CH4/c75-63-23-12-24-64(76)72(63)50-33-34-56-66-45(50)21-11-22-55(66)73-65(40-15-5-2-6-16-40)61-37-59-53-31-27-48-46-25-29-51-57-35-41-17-7-8-18-42(41)36-58(57)52-30-26-47(67(46)69(51)52)49-28-32-54(70(53)68(48)49)60(59)38-62(61)71(74(56)73)44-20-10-9-19-43(44)39-13-3-1-4-14-39;/h1-38H;1H4. The highest BCUT2D eigenvalue weighted by Gasteiger charge is 2.30. The van der Waals surface area contributed by atoms with Gasteiger partial charge in [0.05, 0.1) is 5.56 Å². The molecule has 0 radical (unpaired) electrons. The van der Waals surface area contributed by atoms with E-state index in [1.54, 1.807) is 0 Å². The van der Waals surface area contributed by atoms with E-state index >= 15 is 8.78 Å². The molecule has 0 heterocycles. The maximum atomic E-state index is 15.9. The van der Waals surface area contributed by atoms with Gasteiger partial charge < -0.3 is 0 Å². The molecule has 0 amide bonds. The summed E-state index contributed by atoms with van der Waals surface area (Å²) in [4.78, 5) is 0. The third kappa shape index (κ3) is 5.39. The van der Waals surface area contributed by atoms with E-state index in [-0.39, 0.29) is 13.0 Å². The Morgan fingerprint density at radius 2 is 0.623 bits per heavy atom. The molecule has 0 saturated heterocycles. The van der Waals surface area contributed by atoms with Crippen LogP contribution in [0.2, 0.25) is 0 Å². The van der Waals surface area contributed by atoms with Crippen LogP contribution < -0.4 is 0 Å². The Kier molecular flexibility index (Phi) is 8.40. The molecule has 356 valence electrons. The van der Waals surface area contributed by atoms with E-state index in [0.717, 1.165) is 76.5 Å². The average molecular weight is 981 g/mol. The molecular weight excluding hydrogens is 939 g/mol. The SMILES string of the molecule is C.Fc1cccc(F)c1-c1ccc2c3c(-c4ccccc4-c4ccccc4)c4cc5c(cc4c(-c4ccccc4)c3c3cccc1c32)c1ccc2c3ccc4c6c(ccc(c7ccc5c1c27)c63)-c1cc2ccccc2cc1-4. The van der Waals surface area contributed by atoms with Crippen molar-refractivity contribution in [1.82, 2.24) is 0 Å². The number of rotatable bonds is 4. The fourth-order valence-electron chi connectivity index (χ4n) is 14.5. The monoisotopic (exact) mass is 980 g/mol. The molecule has 0 nitrogen and oxygen atoms in total. The van der Waals surface area contributed by atoms with E-state index in [1.807, 2.05) is 12.1 Å². The van der Waals surface area contributed by atoms with Gasteiger partial charge in [-0.3, -0.25) is 0 Å². The summed E-state index contributed by atoms with van der Waals surface area (Å²) in [5.74, 6) is -1.15. The van der Waals surface area contributed by atoms with Crippen LogP contribution in [0.1, 0.15) is 7.43 Å².